The van der Waals surface area contributed by atoms with Crippen molar-refractivity contribution < 1.29 is 4.39 Å². The minimum absolute atomic E-state index is 0. The fraction of sp³-hybridized carbons (Fsp3) is 0.455. The van der Waals surface area contributed by atoms with Crippen LogP contribution in [0.3, 0.4) is 0 Å². The summed E-state index contributed by atoms with van der Waals surface area (Å²) in [6.07, 6.45) is 4.04. The van der Waals surface area contributed by atoms with Crippen molar-refractivity contribution in [2.45, 2.75) is 38.6 Å². The van der Waals surface area contributed by atoms with Gasteiger partial charge in [-0.1, -0.05) is 18.2 Å². The third-order valence-electron chi connectivity index (χ3n) is 5.46. The molecule has 1 aromatic carbocycles. The van der Waals surface area contributed by atoms with E-state index in [0.717, 1.165) is 55.4 Å². The molecule has 0 amide bonds. The number of halogens is 2. The van der Waals surface area contributed by atoms with E-state index < -0.39 is 0 Å². The van der Waals surface area contributed by atoms with Crippen LogP contribution in [0.5, 0.6) is 0 Å². The molecular weight excluding hydrogens is 480 g/mol. The van der Waals surface area contributed by atoms with Gasteiger partial charge < -0.3 is 15.5 Å². The average Bonchev–Trinajstić information content (AvgIpc) is 3.51. The van der Waals surface area contributed by atoms with E-state index in [1.54, 1.807) is 19.2 Å². The van der Waals surface area contributed by atoms with Gasteiger partial charge in [0, 0.05) is 44.8 Å². The van der Waals surface area contributed by atoms with Crippen LogP contribution in [0.25, 0.3) is 0 Å². The highest BCUT2D eigenvalue weighted by atomic mass is 127. The number of nitrogens with zero attached hydrogens (tertiary/aromatic N) is 3. The van der Waals surface area contributed by atoms with Crippen LogP contribution in [-0.2, 0) is 12.0 Å². The molecular formula is C22H31FIN5. The second-order valence-corrected chi connectivity index (χ2v) is 7.27. The quantitative estimate of drug-likeness (QED) is 0.319. The lowest BCUT2D eigenvalue weighted by Gasteiger charge is -2.20. The zero-order valence-corrected chi connectivity index (χ0v) is 19.7. The first-order valence-corrected chi connectivity index (χ1v) is 10.0. The van der Waals surface area contributed by atoms with Crippen LogP contribution in [0.4, 0.5) is 10.2 Å². The van der Waals surface area contributed by atoms with Gasteiger partial charge in [0.2, 0.25) is 0 Å². The standard InChI is InChI=1S/C22H30FN5.HI/c1-4-28(5-2)20-10-9-17(14-25-20)15-26-21(24-3)27-16-22(11-12-22)18-7-6-8-19(23)13-18;/h6-10,13-14H,4-5,11-12,15-16H2,1-3H3,(H2,24,26,27);1H. The van der Waals surface area contributed by atoms with Gasteiger partial charge in [0.1, 0.15) is 11.6 Å². The van der Waals surface area contributed by atoms with Gasteiger partial charge in [0.25, 0.3) is 0 Å². The van der Waals surface area contributed by atoms with E-state index in [2.05, 4.69) is 51.5 Å². The summed E-state index contributed by atoms with van der Waals surface area (Å²) in [4.78, 5) is 11.1. The lowest BCUT2D eigenvalue weighted by atomic mass is 9.96. The molecule has 1 aliphatic rings. The Balaban J connectivity index is 0.00000300. The zero-order valence-electron chi connectivity index (χ0n) is 17.4. The van der Waals surface area contributed by atoms with Crippen LogP contribution in [0.15, 0.2) is 47.6 Å². The zero-order chi connectivity index (χ0) is 20.0. The monoisotopic (exact) mass is 511 g/mol. The predicted octanol–water partition coefficient (Wildman–Crippen LogP) is 4.08. The van der Waals surface area contributed by atoms with Gasteiger partial charge in [0.15, 0.2) is 5.96 Å². The number of hydrogen-bond acceptors (Lipinski definition) is 3. The van der Waals surface area contributed by atoms with Crippen LogP contribution in [0.2, 0.25) is 0 Å². The minimum atomic E-state index is -0.174. The van der Waals surface area contributed by atoms with Crippen LogP contribution < -0.4 is 15.5 Å². The van der Waals surface area contributed by atoms with Gasteiger partial charge in [-0.05, 0) is 56.0 Å². The van der Waals surface area contributed by atoms with Crippen molar-refractivity contribution in [3.8, 4) is 0 Å². The van der Waals surface area contributed by atoms with E-state index >= 15 is 0 Å². The molecule has 0 radical (unpaired) electrons. The SMILES string of the molecule is CCN(CC)c1ccc(CNC(=NC)NCC2(c3cccc(F)c3)CC2)cn1.I. The topological polar surface area (TPSA) is 52.5 Å². The molecule has 0 spiro atoms. The van der Waals surface area contributed by atoms with E-state index in [9.17, 15) is 4.39 Å². The number of pyridine rings is 1. The van der Waals surface area contributed by atoms with Crippen molar-refractivity contribution >= 4 is 35.8 Å². The van der Waals surface area contributed by atoms with E-state index in [4.69, 9.17) is 0 Å². The van der Waals surface area contributed by atoms with Gasteiger partial charge in [0.05, 0.1) is 0 Å². The molecule has 0 saturated heterocycles. The molecule has 1 saturated carbocycles. The number of benzene rings is 1. The molecule has 1 aliphatic carbocycles. The Morgan fingerprint density at radius 2 is 1.93 bits per heavy atom. The van der Waals surface area contributed by atoms with Crippen molar-refractivity contribution in [1.82, 2.24) is 15.6 Å². The molecule has 3 rings (SSSR count). The molecule has 7 heteroatoms. The average molecular weight is 511 g/mol. The smallest absolute Gasteiger partial charge is 0.191 e. The molecule has 29 heavy (non-hydrogen) atoms. The number of guanidine groups is 1. The van der Waals surface area contributed by atoms with Gasteiger partial charge in [-0.3, -0.25) is 4.99 Å². The van der Waals surface area contributed by atoms with Crippen molar-refractivity contribution in [2.75, 3.05) is 31.6 Å². The van der Waals surface area contributed by atoms with E-state index in [-0.39, 0.29) is 35.2 Å². The summed E-state index contributed by atoms with van der Waals surface area (Å²) < 4.78 is 13.6. The molecule has 5 nitrogen and oxygen atoms in total. The summed E-state index contributed by atoms with van der Waals surface area (Å²) in [6.45, 7) is 7.56. The Hall–Kier alpha value is -1.90. The predicted molar refractivity (Wildman–Crippen MR) is 129 cm³/mol. The maximum atomic E-state index is 13.6. The summed E-state index contributed by atoms with van der Waals surface area (Å²) in [5.74, 6) is 1.57. The summed E-state index contributed by atoms with van der Waals surface area (Å²) >= 11 is 0. The number of rotatable bonds is 8. The third kappa shape index (κ3) is 6.04. The number of anilines is 1. The number of aromatic nitrogens is 1. The molecule has 1 heterocycles. The van der Waals surface area contributed by atoms with Crippen molar-refractivity contribution in [3.63, 3.8) is 0 Å². The minimum Gasteiger partial charge on any atom is -0.357 e. The van der Waals surface area contributed by atoms with Gasteiger partial charge in [-0.2, -0.15) is 0 Å². The normalized spacial score (nSPS) is 14.7. The first kappa shape index (κ1) is 23.4. The fourth-order valence-corrected chi connectivity index (χ4v) is 3.45. The molecule has 0 bridgehead atoms. The van der Waals surface area contributed by atoms with Gasteiger partial charge >= 0.3 is 0 Å². The summed E-state index contributed by atoms with van der Waals surface area (Å²) in [7, 11) is 1.76. The highest BCUT2D eigenvalue weighted by Crippen LogP contribution is 2.47. The van der Waals surface area contributed by atoms with Crippen molar-refractivity contribution in [3.05, 3.63) is 59.5 Å². The molecule has 2 N–H and O–H groups in total. The summed E-state index contributed by atoms with van der Waals surface area (Å²) in [5, 5.41) is 6.73. The largest absolute Gasteiger partial charge is 0.357 e. The third-order valence-corrected chi connectivity index (χ3v) is 5.46. The lowest BCUT2D eigenvalue weighted by molar-refractivity contribution is 0.607. The molecule has 2 aromatic rings. The second kappa shape index (κ2) is 10.8. The summed E-state index contributed by atoms with van der Waals surface area (Å²) in [5.41, 5.74) is 2.18. The van der Waals surface area contributed by atoms with Crippen molar-refractivity contribution in [2.24, 2.45) is 4.99 Å². The van der Waals surface area contributed by atoms with Gasteiger partial charge in [-0.15, -0.1) is 24.0 Å². The Bertz CT molecular complexity index is 801. The van der Waals surface area contributed by atoms with E-state index in [1.165, 1.54) is 6.07 Å². The van der Waals surface area contributed by atoms with E-state index in [1.807, 2.05) is 12.3 Å². The molecule has 0 aliphatic heterocycles. The second-order valence-electron chi connectivity index (χ2n) is 7.27. The first-order valence-electron chi connectivity index (χ1n) is 10.0. The number of aliphatic imine (C=N–C) groups is 1. The molecule has 1 fully saturated rings. The molecule has 158 valence electrons. The Labute approximate surface area is 190 Å². The lowest BCUT2D eigenvalue weighted by Crippen LogP contribution is -2.40. The van der Waals surface area contributed by atoms with Crippen LogP contribution in [0.1, 0.15) is 37.8 Å². The number of hydrogen-bond donors (Lipinski definition) is 2. The molecule has 0 atom stereocenters. The number of nitrogens with one attached hydrogen (secondary N) is 2. The van der Waals surface area contributed by atoms with Crippen LogP contribution in [-0.4, -0.2) is 37.6 Å². The maximum absolute atomic E-state index is 13.6. The Kier molecular flexibility index (Phi) is 8.67. The first-order chi connectivity index (χ1) is 13.6. The van der Waals surface area contributed by atoms with Gasteiger partial charge in [-0.25, -0.2) is 9.37 Å². The Morgan fingerprint density at radius 3 is 2.48 bits per heavy atom. The highest BCUT2D eigenvalue weighted by molar-refractivity contribution is 14.0. The molecule has 1 aromatic heterocycles. The van der Waals surface area contributed by atoms with Crippen LogP contribution >= 0.6 is 24.0 Å². The molecule has 0 unspecified atom stereocenters. The van der Waals surface area contributed by atoms with E-state index in [0.29, 0.717) is 6.54 Å². The maximum Gasteiger partial charge on any atom is 0.191 e. The fourth-order valence-electron chi connectivity index (χ4n) is 3.45. The Morgan fingerprint density at radius 1 is 1.17 bits per heavy atom. The van der Waals surface area contributed by atoms with Crippen LogP contribution in [0, 0.1) is 5.82 Å². The van der Waals surface area contributed by atoms with Crippen molar-refractivity contribution in [1.29, 1.82) is 0 Å². The highest BCUT2D eigenvalue weighted by Gasteiger charge is 2.44. The summed E-state index contributed by atoms with van der Waals surface area (Å²) in [6, 6.07) is 11.1.